The summed E-state index contributed by atoms with van der Waals surface area (Å²) in [4.78, 5) is 9.54. The van der Waals surface area contributed by atoms with Crippen LogP contribution in [0.1, 0.15) is 61.1 Å². The third kappa shape index (κ3) is 6.57. The molecule has 0 fully saturated rings. The molecule has 2 aliphatic rings. The molecule has 2 aliphatic heterocycles. The first-order valence-electron chi connectivity index (χ1n) is 21.0. The molecule has 0 saturated carbocycles. The zero-order chi connectivity index (χ0) is 43.9. The molecule has 6 heterocycles. The van der Waals surface area contributed by atoms with Gasteiger partial charge in [-0.1, -0.05) is 98.2 Å². The topological polar surface area (TPSA) is 117 Å². The van der Waals surface area contributed by atoms with Crippen molar-refractivity contribution in [2.45, 2.75) is 52.4 Å². The molecular formula is C54H47BrN6O2. The van der Waals surface area contributed by atoms with Crippen molar-refractivity contribution >= 4 is 70.9 Å². The van der Waals surface area contributed by atoms with Gasteiger partial charge in [0, 0.05) is 89.9 Å². The predicted molar refractivity (Wildman–Crippen MR) is 262 cm³/mol. The molecule has 0 atom stereocenters. The van der Waals surface area contributed by atoms with E-state index in [2.05, 4.69) is 132 Å². The van der Waals surface area contributed by atoms with Crippen LogP contribution < -0.4 is 16.2 Å². The van der Waals surface area contributed by atoms with Crippen molar-refractivity contribution in [3.05, 3.63) is 184 Å². The number of nitrogens with two attached hydrogens (primary N) is 2. The minimum atomic E-state index is -0.119. The zero-order valence-electron chi connectivity index (χ0n) is 36.0. The van der Waals surface area contributed by atoms with Gasteiger partial charge in [-0.15, -0.1) is 0 Å². The van der Waals surface area contributed by atoms with Gasteiger partial charge in [-0.2, -0.15) is 0 Å². The largest absolute Gasteiger partial charge is 0.508 e. The molecule has 6 aromatic carbocycles. The number of aryl methyl sites for hydroxylation is 2. The van der Waals surface area contributed by atoms with E-state index >= 15 is 0 Å². The monoisotopic (exact) mass is 890 g/mol. The number of aromatic nitrogens is 4. The van der Waals surface area contributed by atoms with Gasteiger partial charge in [0.15, 0.2) is 0 Å². The molecule has 0 spiro atoms. The number of nitrogen functional groups attached to an aromatic ring is 2. The molecule has 0 unspecified atom stereocenters. The van der Waals surface area contributed by atoms with Crippen LogP contribution in [-0.2, 0) is 10.8 Å². The Morgan fingerprint density at radius 3 is 1.57 bits per heavy atom. The van der Waals surface area contributed by atoms with Crippen LogP contribution in [0.3, 0.4) is 0 Å². The third-order valence-corrected chi connectivity index (χ3v) is 13.1. The highest BCUT2D eigenvalue weighted by molar-refractivity contribution is 9.10. The van der Waals surface area contributed by atoms with E-state index in [0.717, 1.165) is 44.3 Å². The number of aromatic hydroxyl groups is 1. The number of hydrogen-bond acceptors (Lipinski definition) is 6. The van der Waals surface area contributed by atoms with Gasteiger partial charge in [-0.3, -0.25) is 9.13 Å². The maximum absolute atomic E-state index is 8.91. The number of hydrogen-bond donors (Lipinski definition) is 3. The van der Waals surface area contributed by atoms with Crippen molar-refractivity contribution in [1.29, 1.82) is 0 Å². The molecule has 8 nitrogen and oxygen atoms in total. The van der Waals surface area contributed by atoms with Crippen molar-refractivity contribution < 1.29 is 9.84 Å². The molecular weight excluding hydrogens is 845 g/mol. The van der Waals surface area contributed by atoms with Gasteiger partial charge in [0.05, 0.1) is 22.1 Å². The summed E-state index contributed by atoms with van der Waals surface area (Å²) in [7, 11) is 0. The Balaban J connectivity index is 0.000000129. The van der Waals surface area contributed by atoms with Gasteiger partial charge in [0.2, 0.25) is 0 Å². The summed E-state index contributed by atoms with van der Waals surface area (Å²) >= 11 is 3.62. The maximum atomic E-state index is 8.91. The van der Waals surface area contributed by atoms with Crippen LogP contribution in [-0.4, -0.2) is 24.2 Å². The number of para-hydroxylation sites is 2. The summed E-state index contributed by atoms with van der Waals surface area (Å²) in [6.07, 6.45) is 3.76. The van der Waals surface area contributed by atoms with Crippen LogP contribution in [0.25, 0.3) is 55.2 Å². The molecule has 4 aromatic heterocycles. The number of halogens is 1. The van der Waals surface area contributed by atoms with Crippen LogP contribution in [0.5, 0.6) is 17.2 Å². The lowest BCUT2D eigenvalue weighted by molar-refractivity contribution is 0.475. The average molecular weight is 892 g/mol. The first-order valence-corrected chi connectivity index (χ1v) is 21.8. The van der Waals surface area contributed by atoms with E-state index in [1.54, 1.807) is 12.1 Å². The highest BCUT2D eigenvalue weighted by Crippen LogP contribution is 2.49. The van der Waals surface area contributed by atoms with Crippen LogP contribution in [0, 0.1) is 13.8 Å². The number of nitrogens with zero attached hydrogens (tertiary/aromatic N) is 4. The summed E-state index contributed by atoms with van der Waals surface area (Å²) in [6, 6.07) is 45.2. The van der Waals surface area contributed by atoms with Gasteiger partial charge >= 0.3 is 0 Å². The molecule has 312 valence electrons. The number of phenolic OH excluding ortho intramolecular Hbond substituents is 1. The zero-order valence-corrected chi connectivity index (χ0v) is 37.6. The van der Waals surface area contributed by atoms with Gasteiger partial charge < -0.3 is 21.3 Å². The van der Waals surface area contributed by atoms with E-state index in [1.807, 2.05) is 62.6 Å². The van der Waals surface area contributed by atoms with Gasteiger partial charge in [0.1, 0.15) is 28.9 Å². The standard InChI is InChI=1S/C27H23N3O.C20H15BrN2.C7H9NO/c1-16-12-17(28)14-19(13-16)31-18-9-10-20-21-6-4-7-22-25(21)30(24(20)15-18)26-23(27(22,2)3)8-5-11-29-26;1-20(2)15-6-3-5-14-13-9-8-12(21)11-17(13)23(18(14)15)19-16(20)7-4-10-22-19;1-5-2-6(8)4-7(9)3-5/h4-15H,28H2,1-3H3;3-11H,1-2H3;2-4,9H,8H2,1H3. The molecule has 0 aliphatic carbocycles. The van der Waals surface area contributed by atoms with E-state index in [9.17, 15) is 0 Å². The molecule has 0 amide bonds. The summed E-state index contributed by atoms with van der Waals surface area (Å²) in [5, 5.41) is 13.9. The van der Waals surface area contributed by atoms with Gasteiger partial charge in [-0.05, 0) is 96.8 Å². The minimum absolute atomic E-state index is 0.0509. The number of phenols is 1. The fourth-order valence-corrected chi connectivity index (χ4v) is 10.1. The summed E-state index contributed by atoms with van der Waals surface area (Å²) in [5.74, 6) is 3.79. The van der Waals surface area contributed by atoms with Crippen LogP contribution >= 0.6 is 15.9 Å². The normalized spacial score (nSPS) is 13.8. The smallest absolute Gasteiger partial charge is 0.141 e. The van der Waals surface area contributed by atoms with Crippen LogP contribution in [0.2, 0.25) is 0 Å². The highest BCUT2D eigenvalue weighted by Gasteiger charge is 2.37. The Kier molecular flexibility index (Phi) is 9.38. The minimum Gasteiger partial charge on any atom is -0.508 e. The Morgan fingerprint density at radius 1 is 0.524 bits per heavy atom. The van der Waals surface area contributed by atoms with Crippen molar-refractivity contribution in [2.75, 3.05) is 11.5 Å². The average Bonchev–Trinajstić information content (AvgIpc) is 3.74. The highest BCUT2D eigenvalue weighted by atomic mass is 79.9. The molecule has 0 radical (unpaired) electrons. The number of anilines is 2. The second-order valence-electron chi connectivity index (χ2n) is 17.7. The molecule has 9 heteroatoms. The second kappa shape index (κ2) is 14.8. The van der Waals surface area contributed by atoms with E-state index in [-0.39, 0.29) is 16.6 Å². The fourth-order valence-electron chi connectivity index (χ4n) is 9.78. The Morgan fingerprint density at radius 2 is 1.03 bits per heavy atom. The maximum Gasteiger partial charge on any atom is 0.141 e. The third-order valence-electron chi connectivity index (χ3n) is 12.6. The van der Waals surface area contributed by atoms with Crippen molar-refractivity contribution in [3.63, 3.8) is 0 Å². The van der Waals surface area contributed by atoms with E-state index in [1.165, 1.54) is 66.4 Å². The molecule has 0 saturated heterocycles. The lowest BCUT2D eigenvalue weighted by Crippen LogP contribution is -2.26. The fraction of sp³-hybridized carbons (Fsp3) is 0.148. The van der Waals surface area contributed by atoms with Crippen molar-refractivity contribution in [3.8, 4) is 28.9 Å². The van der Waals surface area contributed by atoms with E-state index in [0.29, 0.717) is 11.4 Å². The molecule has 10 aromatic rings. The number of fused-ring (bicyclic) bond motifs is 10. The summed E-state index contributed by atoms with van der Waals surface area (Å²) < 4.78 is 11.9. The molecule has 5 N–H and O–H groups in total. The second-order valence-corrected chi connectivity index (χ2v) is 18.6. The number of ether oxygens (including phenoxy) is 1. The first kappa shape index (κ1) is 40.0. The van der Waals surface area contributed by atoms with E-state index in [4.69, 9.17) is 31.3 Å². The molecule has 63 heavy (non-hydrogen) atoms. The molecule has 12 rings (SSSR count). The van der Waals surface area contributed by atoms with Crippen LogP contribution in [0.15, 0.2) is 150 Å². The van der Waals surface area contributed by atoms with Crippen molar-refractivity contribution in [2.24, 2.45) is 0 Å². The SMILES string of the molecule is CC1(C)c2cccnc2-n2c3cc(Br)ccc3c3cccc1c32.Cc1cc(N)cc(O)c1.Cc1cc(N)cc(Oc2ccc3c4cccc5c4n(c3c2)-c2ncccc2C5(C)C)c1. The Labute approximate surface area is 374 Å². The number of pyridine rings is 2. The van der Waals surface area contributed by atoms with Gasteiger partial charge in [0.25, 0.3) is 0 Å². The van der Waals surface area contributed by atoms with Gasteiger partial charge in [-0.25, -0.2) is 9.97 Å². The Hall–Kier alpha value is -7.10. The summed E-state index contributed by atoms with van der Waals surface area (Å²) in [6.45, 7) is 13.0. The number of rotatable bonds is 2. The first-order chi connectivity index (χ1) is 30.2. The lowest BCUT2D eigenvalue weighted by Gasteiger charge is -2.33. The van der Waals surface area contributed by atoms with Crippen molar-refractivity contribution in [1.82, 2.24) is 19.1 Å². The molecule has 0 bridgehead atoms. The summed E-state index contributed by atoms with van der Waals surface area (Å²) in [5.41, 5.74) is 24.6. The van der Waals surface area contributed by atoms with Crippen LogP contribution in [0.4, 0.5) is 11.4 Å². The lowest BCUT2D eigenvalue weighted by atomic mass is 9.76. The number of benzene rings is 6. The van der Waals surface area contributed by atoms with E-state index < -0.39 is 0 Å². The predicted octanol–water partition coefficient (Wildman–Crippen LogP) is 13.4. The Bertz CT molecular complexity index is 3400. The quantitative estimate of drug-likeness (QED) is 0.149.